The molecular weight excluding hydrogens is 356 g/mol. The second-order valence-corrected chi connectivity index (χ2v) is 8.47. The summed E-state index contributed by atoms with van der Waals surface area (Å²) >= 11 is 0. The summed E-state index contributed by atoms with van der Waals surface area (Å²) in [5, 5.41) is 4.06. The minimum absolute atomic E-state index is 0.0446. The van der Waals surface area contributed by atoms with Gasteiger partial charge in [0, 0.05) is 12.1 Å². The Morgan fingerprint density at radius 1 is 1.40 bits per heavy atom. The molecule has 0 aliphatic carbocycles. The average molecular weight is 377 g/mol. The lowest BCUT2D eigenvalue weighted by Gasteiger charge is -2.27. The van der Waals surface area contributed by atoms with Gasteiger partial charge in [0.2, 0.25) is 5.88 Å². The van der Waals surface area contributed by atoms with Crippen LogP contribution in [0, 0.1) is 0 Å². The Balaban J connectivity index is 1.90. The molecule has 0 saturated carbocycles. The monoisotopic (exact) mass is 377 g/mol. The molecular formula is C15H21F2N3O4S. The SMILES string of the molecule is COc1cccc(C(F)(F)CNC(=O)NC2CCC(C)S(=O)(=O)C2)n1. The zero-order chi connectivity index (χ0) is 18.7. The first-order chi connectivity index (χ1) is 11.6. The normalized spacial score (nSPS) is 22.9. The van der Waals surface area contributed by atoms with E-state index in [1.165, 1.54) is 19.2 Å². The van der Waals surface area contributed by atoms with Gasteiger partial charge in [-0.05, 0) is 25.8 Å². The summed E-state index contributed by atoms with van der Waals surface area (Å²) in [6.45, 7) is 0.655. The number of alkyl halides is 2. The Kier molecular flexibility index (Phi) is 5.81. The lowest BCUT2D eigenvalue weighted by atomic mass is 10.1. The highest BCUT2D eigenvalue weighted by Crippen LogP contribution is 2.26. The van der Waals surface area contributed by atoms with Crippen molar-refractivity contribution in [1.29, 1.82) is 0 Å². The molecule has 2 heterocycles. The number of rotatable bonds is 5. The molecule has 2 unspecified atom stereocenters. The number of methoxy groups -OCH3 is 1. The second kappa shape index (κ2) is 7.51. The molecule has 1 aliphatic heterocycles. The van der Waals surface area contributed by atoms with Crippen LogP contribution in [0.25, 0.3) is 0 Å². The molecule has 7 nitrogen and oxygen atoms in total. The van der Waals surface area contributed by atoms with Gasteiger partial charge in [-0.25, -0.2) is 18.2 Å². The van der Waals surface area contributed by atoms with Crippen molar-refractivity contribution in [1.82, 2.24) is 15.6 Å². The number of sulfone groups is 1. The van der Waals surface area contributed by atoms with Crippen LogP contribution >= 0.6 is 0 Å². The van der Waals surface area contributed by atoms with E-state index in [0.717, 1.165) is 6.07 Å². The smallest absolute Gasteiger partial charge is 0.315 e. The Morgan fingerprint density at radius 3 is 2.76 bits per heavy atom. The number of carbonyl (C=O) groups excluding carboxylic acids is 1. The first-order valence-corrected chi connectivity index (χ1v) is 9.51. The Bertz CT molecular complexity index is 727. The molecule has 2 amide bonds. The van der Waals surface area contributed by atoms with E-state index < -0.39 is 45.3 Å². The summed E-state index contributed by atoms with van der Waals surface area (Å²) in [5.41, 5.74) is -0.527. The molecule has 1 aromatic heterocycles. The maximum absolute atomic E-state index is 14.1. The molecule has 25 heavy (non-hydrogen) atoms. The van der Waals surface area contributed by atoms with Crippen molar-refractivity contribution in [2.75, 3.05) is 19.4 Å². The van der Waals surface area contributed by atoms with E-state index in [0.29, 0.717) is 12.8 Å². The van der Waals surface area contributed by atoms with Crippen LogP contribution in [0.4, 0.5) is 13.6 Å². The third-order valence-corrected chi connectivity index (χ3v) is 6.41. The Hall–Kier alpha value is -1.97. The van der Waals surface area contributed by atoms with Crippen LogP contribution in [-0.4, -0.2) is 50.1 Å². The molecule has 10 heteroatoms. The van der Waals surface area contributed by atoms with Crippen LogP contribution in [0.3, 0.4) is 0 Å². The first-order valence-electron chi connectivity index (χ1n) is 7.79. The van der Waals surface area contributed by atoms with Gasteiger partial charge >= 0.3 is 12.0 Å². The van der Waals surface area contributed by atoms with Gasteiger partial charge < -0.3 is 15.4 Å². The molecule has 0 aromatic carbocycles. The van der Waals surface area contributed by atoms with Crippen LogP contribution in [0.1, 0.15) is 25.5 Å². The summed E-state index contributed by atoms with van der Waals surface area (Å²) in [6, 6.07) is 2.53. The predicted octanol–water partition coefficient (Wildman–Crippen LogP) is 1.45. The van der Waals surface area contributed by atoms with Gasteiger partial charge in [0.1, 0.15) is 5.69 Å². The molecule has 1 aromatic rings. The maximum atomic E-state index is 14.1. The standard InChI is InChI=1S/C15H21F2N3O4S/c1-10-6-7-11(8-25(10,22)23)19-14(21)18-9-15(16,17)12-4-3-5-13(20-12)24-2/h3-5,10-11H,6-9H2,1-2H3,(H2,18,19,21). The van der Waals surface area contributed by atoms with Gasteiger partial charge in [0.15, 0.2) is 9.84 Å². The van der Waals surface area contributed by atoms with E-state index in [4.69, 9.17) is 4.74 Å². The van der Waals surface area contributed by atoms with Gasteiger partial charge in [-0.2, -0.15) is 8.78 Å². The number of nitrogens with zero attached hydrogens (tertiary/aromatic N) is 1. The summed E-state index contributed by atoms with van der Waals surface area (Å²) in [7, 11) is -1.95. The number of amides is 2. The van der Waals surface area contributed by atoms with Crippen LogP contribution in [0.2, 0.25) is 0 Å². The number of hydrogen-bond donors (Lipinski definition) is 2. The number of ether oxygens (including phenoxy) is 1. The lowest BCUT2D eigenvalue weighted by Crippen LogP contribution is -2.50. The zero-order valence-electron chi connectivity index (χ0n) is 14.0. The number of nitrogens with one attached hydrogen (secondary N) is 2. The largest absolute Gasteiger partial charge is 0.481 e. The van der Waals surface area contributed by atoms with Crippen LogP contribution < -0.4 is 15.4 Å². The number of aromatic nitrogens is 1. The van der Waals surface area contributed by atoms with Crippen LogP contribution in [-0.2, 0) is 15.8 Å². The fraction of sp³-hybridized carbons (Fsp3) is 0.600. The molecule has 1 fully saturated rings. The lowest BCUT2D eigenvalue weighted by molar-refractivity contribution is -0.00545. The Morgan fingerprint density at radius 2 is 2.12 bits per heavy atom. The number of urea groups is 1. The summed E-state index contributed by atoms with van der Waals surface area (Å²) < 4.78 is 56.7. The summed E-state index contributed by atoms with van der Waals surface area (Å²) in [4.78, 5) is 15.5. The highest BCUT2D eigenvalue weighted by atomic mass is 32.2. The fourth-order valence-corrected chi connectivity index (χ4v) is 4.14. The van der Waals surface area contributed by atoms with Crippen molar-refractivity contribution in [2.45, 2.75) is 37.0 Å². The zero-order valence-corrected chi connectivity index (χ0v) is 14.8. The Labute approximate surface area is 145 Å². The van der Waals surface area contributed by atoms with Crippen molar-refractivity contribution >= 4 is 15.9 Å². The minimum atomic E-state index is -3.39. The molecule has 0 spiro atoms. The van der Waals surface area contributed by atoms with Crippen molar-refractivity contribution in [3.05, 3.63) is 23.9 Å². The quantitative estimate of drug-likeness (QED) is 0.809. The number of hydrogen-bond acceptors (Lipinski definition) is 5. The molecule has 0 bridgehead atoms. The molecule has 1 aliphatic rings. The fourth-order valence-electron chi connectivity index (χ4n) is 2.51. The predicted molar refractivity (Wildman–Crippen MR) is 87.5 cm³/mol. The first kappa shape index (κ1) is 19.4. The third-order valence-electron chi connectivity index (χ3n) is 4.08. The number of halogens is 2. The molecule has 2 N–H and O–H groups in total. The molecule has 140 valence electrons. The third kappa shape index (κ3) is 5.00. The highest BCUT2D eigenvalue weighted by Gasteiger charge is 2.35. The van der Waals surface area contributed by atoms with E-state index >= 15 is 0 Å². The van der Waals surface area contributed by atoms with Crippen molar-refractivity contribution in [3.8, 4) is 5.88 Å². The van der Waals surface area contributed by atoms with E-state index in [9.17, 15) is 22.0 Å². The minimum Gasteiger partial charge on any atom is -0.481 e. The van der Waals surface area contributed by atoms with Crippen molar-refractivity contribution in [2.24, 2.45) is 0 Å². The average Bonchev–Trinajstić information content (AvgIpc) is 2.56. The second-order valence-electron chi connectivity index (χ2n) is 6.01. The summed E-state index contributed by atoms with van der Waals surface area (Å²) in [5.74, 6) is -3.53. The van der Waals surface area contributed by atoms with E-state index in [1.807, 2.05) is 0 Å². The molecule has 2 atom stereocenters. The maximum Gasteiger partial charge on any atom is 0.315 e. The molecule has 2 rings (SSSR count). The van der Waals surface area contributed by atoms with Gasteiger partial charge in [-0.3, -0.25) is 0 Å². The van der Waals surface area contributed by atoms with Crippen LogP contribution in [0.15, 0.2) is 18.2 Å². The molecule has 0 radical (unpaired) electrons. The van der Waals surface area contributed by atoms with Gasteiger partial charge in [0.05, 0.1) is 24.7 Å². The van der Waals surface area contributed by atoms with Crippen LogP contribution in [0.5, 0.6) is 5.88 Å². The summed E-state index contributed by atoms with van der Waals surface area (Å²) in [6.07, 6.45) is 0.915. The van der Waals surface area contributed by atoms with Crippen molar-refractivity contribution < 1.29 is 26.7 Å². The van der Waals surface area contributed by atoms with E-state index in [1.54, 1.807) is 6.92 Å². The topological polar surface area (TPSA) is 97.4 Å². The van der Waals surface area contributed by atoms with E-state index in [2.05, 4.69) is 15.6 Å². The van der Waals surface area contributed by atoms with Gasteiger partial charge in [-0.1, -0.05) is 6.07 Å². The number of pyridine rings is 1. The van der Waals surface area contributed by atoms with Gasteiger partial charge in [-0.15, -0.1) is 0 Å². The molecule has 1 saturated heterocycles. The van der Waals surface area contributed by atoms with E-state index in [-0.39, 0.29) is 11.6 Å². The highest BCUT2D eigenvalue weighted by molar-refractivity contribution is 7.92. The van der Waals surface area contributed by atoms with Crippen molar-refractivity contribution in [3.63, 3.8) is 0 Å². The van der Waals surface area contributed by atoms with Gasteiger partial charge in [0.25, 0.3) is 0 Å². The number of carbonyl (C=O) groups is 1.